The molecule has 1 aromatic heterocycles. The van der Waals surface area contributed by atoms with Crippen LogP contribution in [0.25, 0.3) is 10.2 Å². The van der Waals surface area contributed by atoms with Crippen LogP contribution in [0.4, 0.5) is 5.13 Å². The molecule has 0 spiro atoms. The molecule has 2 aliphatic rings. The fourth-order valence-corrected chi connectivity index (χ4v) is 4.14. The van der Waals surface area contributed by atoms with Gasteiger partial charge in [0.1, 0.15) is 0 Å². The fourth-order valence-electron chi connectivity index (χ4n) is 3.18. The van der Waals surface area contributed by atoms with Crippen molar-refractivity contribution < 1.29 is 19.4 Å². The number of hydrogen-bond acceptors (Lipinski definition) is 6. The SMILES string of the molecule is Cc1ccc2nc(NC(=O)[C@@H]3[C@@H](C(=O)[O-])[C@H]4C=C[C@@H]3O4)sc2c1. The molecular weight excluding hydrogens is 316 g/mol. The second-order valence-electron chi connectivity index (χ2n) is 5.80. The smallest absolute Gasteiger partial charge is 0.233 e. The summed E-state index contributed by atoms with van der Waals surface area (Å²) in [5, 5.41) is 14.5. The van der Waals surface area contributed by atoms with Crippen LogP contribution in [0.15, 0.2) is 30.4 Å². The predicted molar refractivity (Wildman–Crippen MR) is 82.8 cm³/mol. The van der Waals surface area contributed by atoms with Gasteiger partial charge in [-0.2, -0.15) is 0 Å². The van der Waals surface area contributed by atoms with Crippen molar-refractivity contribution in [1.82, 2.24) is 4.98 Å². The van der Waals surface area contributed by atoms with E-state index in [1.54, 1.807) is 12.2 Å². The standard InChI is InChI=1S/C16H14N2O4S/c1-7-2-3-8-11(6-7)23-16(17-8)18-14(19)12-9-4-5-10(22-9)13(12)15(20)21/h2-6,9-10,12-13H,1H3,(H,20,21)(H,17,18,19)/p-1/t9-,10+,12-,13-/m0/s1. The second kappa shape index (κ2) is 5.14. The Bertz CT molecular complexity index is 844. The van der Waals surface area contributed by atoms with E-state index in [1.807, 2.05) is 25.1 Å². The van der Waals surface area contributed by atoms with E-state index in [1.165, 1.54) is 11.3 Å². The Labute approximate surface area is 135 Å². The van der Waals surface area contributed by atoms with E-state index in [4.69, 9.17) is 4.74 Å². The molecule has 2 aromatic rings. The maximum atomic E-state index is 12.5. The van der Waals surface area contributed by atoms with Crippen LogP contribution in [-0.2, 0) is 14.3 Å². The lowest BCUT2D eigenvalue weighted by Gasteiger charge is -2.24. The number of nitrogens with one attached hydrogen (secondary N) is 1. The highest BCUT2D eigenvalue weighted by Gasteiger charge is 2.50. The van der Waals surface area contributed by atoms with Gasteiger partial charge < -0.3 is 20.0 Å². The Morgan fingerprint density at radius 3 is 2.74 bits per heavy atom. The van der Waals surface area contributed by atoms with Crippen molar-refractivity contribution in [3.05, 3.63) is 35.9 Å². The van der Waals surface area contributed by atoms with Crippen LogP contribution in [-0.4, -0.2) is 29.1 Å². The minimum Gasteiger partial charge on any atom is -0.550 e. The van der Waals surface area contributed by atoms with E-state index in [2.05, 4.69) is 10.3 Å². The van der Waals surface area contributed by atoms with Gasteiger partial charge in [-0.1, -0.05) is 29.6 Å². The number of benzene rings is 1. The molecule has 7 heteroatoms. The van der Waals surface area contributed by atoms with Crippen LogP contribution in [0.5, 0.6) is 0 Å². The van der Waals surface area contributed by atoms with Crippen LogP contribution >= 0.6 is 11.3 Å². The van der Waals surface area contributed by atoms with Crippen LogP contribution in [0.2, 0.25) is 0 Å². The monoisotopic (exact) mass is 329 g/mol. The molecule has 3 heterocycles. The quantitative estimate of drug-likeness (QED) is 0.844. The molecule has 0 unspecified atom stereocenters. The number of rotatable bonds is 3. The lowest BCUT2D eigenvalue weighted by molar-refractivity contribution is -0.313. The first-order valence-corrected chi connectivity index (χ1v) is 8.07. The number of ether oxygens (including phenoxy) is 1. The number of carboxylic acids is 1. The number of carbonyl (C=O) groups excluding carboxylic acids is 2. The summed E-state index contributed by atoms with van der Waals surface area (Å²) < 4.78 is 6.46. The largest absolute Gasteiger partial charge is 0.550 e. The van der Waals surface area contributed by atoms with Crippen molar-refractivity contribution in [1.29, 1.82) is 0 Å². The average molecular weight is 329 g/mol. The van der Waals surface area contributed by atoms with Crippen molar-refractivity contribution >= 4 is 38.6 Å². The van der Waals surface area contributed by atoms with E-state index in [9.17, 15) is 14.7 Å². The highest BCUT2D eigenvalue weighted by Crippen LogP contribution is 2.39. The first-order chi connectivity index (χ1) is 11.0. The fraction of sp³-hybridized carbons (Fsp3) is 0.312. The third kappa shape index (κ3) is 2.32. The molecule has 1 saturated heterocycles. The van der Waals surface area contributed by atoms with Gasteiger partial charge >= 0.3 is 0 Å². The van der Waals surface area contributed by atoms with Gasteiger partial charge in [-0.05, 0) is 24.6 Å². The first-order valence-electron chi connectivity index (χ1n) is 7.25. The van der Waals surface area contributed by atoms with Crippen molar-refractivity contribution in [3.8, 4) is 0 Å². The molecule has 118 valence electrons. The number of thiazole rings is 1. The third-order valence-electron chi connectivity index (χ3n) is 4.25. The van der Waals surface area contributed by atoms with Gasteiger partial charge in [-0.3, -0.25) is 4.79 Å². The van der Waals surface area contributed by atoms with Crippen molar-refractivity contribution in [2.45, 2.75) is 19.1 Å². The lowest BCUT2D eigenvalue weighted by atomic mass is 9.82. The van der Waals surface area contributed by atoms with Crippen molar-refractivity contribution in [3.63, 3.8) is 0 Å². The molecule has 23 heavy (non-hydrogen) atoms. The van der Waals surface area contributed by atoms with E-state index < -0.39 is 35.9 Å². The molecular formula is C16H13N2O4S-. The van der Waals surface area contributed by atoms with Gasteiger partial charge in [0.05, 0.1) is 28.3 Å². The third-order valence-corrected chi connectivity index (χ3v) is 5.18. The molecule has 4 rings (SSSR count). The number of aliphatic carboxylic acids is 1. The summed E-state index contributed by atoms with van der Waals surface area (Å²) in [4.78, 5) is 28.2. The second-order valence-corrected chi connectivity index (χ2v) is 6.83. The highest BCUT2D eigenvalue weighted by atomic mass is 32.1. The summed E-state index contributed by atoms with van der Waals surface area (Å²) >= 11 is 1.36. The maximum absolute atomic E-state index is 12.5. The summed E-state index contributed by atoms with van der Waals surface area (Å²) in [6, 6.07) is 5.84. The minimum atomic E-state index is -1.26. The molecule has 6 nitrogen and oxygen atoms in total. The molecule has 1 aromatic carbocycles. The number of aryl methyl sites for hydroxylation is 1. The Balaban J connectivity index is 1.59. The first kappa shape index (κ1) is 14.3. The molecule has 0 radical (unpaired) electrons. The van der Waals surface area contributed by atoms with E-state index >= 15 is 0 Å². The lowest BCUT2D eigenvalue weighted by Crippen LogP contribution is -2.45. The maximum Gasteiger partial charge on any atom is 0.233 e. The Morgan fingerprint density at radius 1 is 1.26 bits per heavy atom. The van der Waals surface area contributed by atoms with Crippen LogP contribution in [0.3, 0.4) is 0 Å². The van der Waals surface area contributed by atoms with Crippen LogP contribution < -0.4 is 10.4 Å². The molecule has 2 aliphatic heterocycles. The van der Waals surface area contributed by atoms with Gasteiger partial charge in [0.15, 0.2) is 5.13 Å². The number of nitrogens with zero attached hydrogens (tertiary/aromatic N) is 1. The summed E-state index contributed by atoms with van der Waals surface area (Å²) in [6.07, 6.45) is 2.31. The van der Waals surface area contributed by atoms with Crippen LogP contribution in [0.1, 0.15) is 5.56 Å². The summed E-state index contributed by atoms with van der Waals surface area (Å²) in [6.45, 7) is 1.99. The Hall–Kier alpha value is -2.25. The summed E-state index contributed by atoms with van der Waals surface area (Å²) in [7, 11) is 0. The zero-order chi connectivity index (χ0) is 16.1. The normalized spacial score (nSPS) is 28.4. The summed E-state index contributed by atoms with van der Waals surface area (Å²) in [5.74, 6) is -3.40. The number of amides is 1. The number of carbonyl (C=O) groups is 2. The highest BCUT2D eigenvalue weighted by molar-refractivity contribution is 7.22. The summed E-state index contributed by atoms with van der Waals surface area (Å²) in [5.41, 5.74) is 1.92. The van der Waals surface area contributed by atoms with Gasteiger partial charge in [-0.15, -0.1) is 0 Å². The molecule has 0 aliphatic carbocycles. The zero-order valence-corrected chi connectivity index (χ0v) is 13.0. The van der Waals surface area contributed by atoms with Crippen LogP contribution in [0, 0.1) is 18.8 Å². The Kier molecular flexibility index (Phi) is 3.21. The molecule has 1 N–H and O–H groups in total. The Morgan fingerprint density at radius 2 is 2.00 bits per heavy atom. The number of fused-ring (bicyclic) bond motifs is 3. The van der Waals surface area contributed by atoms with Gasteiger partial charge in [0.25, 0.3) is 0 Å². The van der Waals surface area contributed by atoms with Gasteiger partial charge in [-0.25, -0.2) is 4.98 Å². The number of hydrogen-bond donors (Lipinski definition) is 1. The van der Waals surface area contributed by atoms with Gasteiger partial charge in [0, 0.05) is 11.9 Å². The van der Waals surface area contributed by atoms with E-state index in [0.29, 0.717) is 5.13 Å². The molecule has 1 amide bonds. The average Bonchev–Trinajstić information content (AvgIpc) is 3.18. The minimum absolute atomic E-state index is 0.396. The van der Waals surface area contributed by atoms with Crippen molar-refractivity contribution in [2.24, 2.45) is 11.8 Å². The topological polar surface area (TPSA) is 91.4 Å². The van der Waals surface area contributed by atoms with Crippen molar-refractivity contribution in [2.75, 3.05) is 5.32 Å². The zero-order valence-electron chi connectivity index (χ0n) is 12.2. The number of aromatic nitrogens is 1. The predicted octanol–water partition coefficient (Wildman–Crippen LogP) is 0.863. The molecule has 1 fully saturated rings. The number of anilines is 1. The molecule has 2 bridgehead atoms. The van der Waals surface area contributed by atoms with E-state index in [0.717, 1.165) is 15.8 Å². The van der Waals surface area contributed by atoms with Gasteiger partial charge in [0.2, 0.25) is 5.91 Å². The molecule has 4 atom stereocenters. The molecule has 0 saturated carbocycles. The number of carboxylic acid groups (broad SMARTS) is 1. The van der Waals surface area contributed by atoms with E-state index in [-0.39, 0.29) is 0 Å².